The van der Waals surface area contributed by atoms with Crippen molar-refractivity contribution in [2.75, 3.05) is 13.6 Å². The number of hydrogen-bond donors (Lipinski definition) is 1. The minimum atomic E-state index is -0.955. The third-order valence-corrected chi connectivity index (χ3v) is 3.33. The van der Waals surface area contributed by atoms with Gasteiger partial charge in [0.1, 0.15) is 6.54 Å². The van der Waals surface area contributed by atoms with Gasteiger partial charge >= 0.3 is 5.97 Å². The van der Waals surface area contributed by atoms with Crippen LogP contribution in [0.3, 0.4) is 0 Å². The number of carbonyl (C=O) groups is 2. The number of nitrogens with zero attached hydrogens (tertiary/aromatic N) is 1. The molecule has 1 aliphatic rings. The van der Waals surface area contributed by atoms with Gasteiger partial charge in [-0.05, 0) is 12.3 Å². The SMILES string of the molecule is CC(CC1CCCC1)C(=O)N(C)CC(=O)O. The van der Waals surface area contributed by atoms with Crippen molar-refractivity contribution in [2.24, 2.45) is 11.8 Å². The molecule has 0 aromatic rings. The Bertz CT molecular complexity index is 259. The van der Waals surface area contributed by atoms with Crippen LogP contribution in [0.5, 0.6) is 0 Å². The zero-order valence-corrected chi connectivity index (χ0v) is 10.1. The number of aliphatic carboxylic acids is 1. The monoisotopic (exact) mass is 227 g/mol. The summed E-state index contributed by atoms with van der Waals surface area (Å²) in [6, 6.07) is 0. The Morgan fingerprint density at radius 1 is 1.38 bits per heavy atom. The second kappa shape index (κ2) is 5.87. The molecular formula is C12H21NO3. The van der Waals surface area contributed by atoms with Gasteiger partial charge in [-0.15, -0.1) is 0 Å². The van der Waals surface area contributed by atoms with Crippen molar-refractivity contribution in [2.45, 2.75) is 39.0 Å². The fourth-order valence-corrected chi connectivity index (χ4v) is 2.50. The minimum absolute atomic E-state index is 0.0469. The van der Waals surface area contributed by atoms with Crippen LogP contribution in [-0.2, 0) is 9.59 Å². The molecular weight excluding hydrogens is 206 g/mol. The van der Waals surface area contributed by atoms with E-state index >= 15 is 0 Å². The van der Waals surface area contributed by atoms with Gasteiger partial charge in [0.05, 0.1) is 0 Å². The third kappa shape index (κ3) is 3.83. The number of likely N-dealkylation sites (N-methyl/N-ethyl adjacent to an activating group) is 1. The zero-order valence-electron chi connectivity index (χ0n) is 10.1. The Morgan fingerprint density at radius 3 is 2.44 bits per heavy atom. The van der Waals surface area contributed by atoms with Crippen molar-refractivity contribution >= 4 is 11.9 Å². The van der Waals surface area contributed by atoms with Crippen molar-refractivity contribution in [3.05, 3.63) is 0 Å². The van der Waals surface area contributed by atoms with E-state index in [1.54, 1.807) is 7.05 Å². The molecule has 0 bridgehead atoms. The molecule has 1 atom stereocenters. The first-order chi connectivity index (χ1) is 7.50. The standard InChI is InChI=1S/C12H21NO3/c1-9(7-10-5-3-4-6-10)12(16)13(2)8-11(14)15/h9-10H,3-8H2,1-2H3,(H,14,15). The highest BCUT2D eigenvalue weighted by atomic mass is 16.4. The highest BCUT2D eigenvalue weighted by Gasteiger charge is 2.24. The molecule has 1 saturated carbocycles. The van der Waals surface area contributed by atoms with Crippen molar-refractivity contribution in [3.8, 4) is 0 Å². The largest absolute Gasteiger partial charge is 0.480 e. The fourth-order valence-electron chi connectivity index (χ4n) is 2.50. The maximum atomic E-state index is 11.8. The van der Waals surface area contributed by atoms with E-state index in [0.717, 1.165) is 6.42 Å². The first-order valence-corrected chi connectivity index (χ1v) is 5.97. The van der Waals surface area contributed by atoms with Crippen LogP contribution < -0.4 is 0 Å². The molecule has 1 unspecified atom stereocenters. The molecule has 0 aromatic carbocycles. The molecule has 1 amide bonds. The summed E-state index contributed by atoms with van der Waals surface area (Å²) in [4.78, 5) is 23.6. The predicted molar refractivity (Wildman–Crippen MR) is 61.0 cm³/mol. The van der Waals surface area contributed by atoms with E-state index < -0.39 is 5.97 Å². The zero-order chi connectivity index (χ0) is 12.1. The topological polar surface area (TPSA) is 57.6 Å². The molecule has 4 heteroatoms. The van der Waals surface area contributed by atoms with Crippen molar-refractivity contribution in [1.82, 2.24) is 4.90 Å². The molecule has 0 spiro atoms. The van der Waals surface area contributed by atoms with E-state index in [-0.39, 0.29) is 18.4 Å². The molecule has 4 nitrogen and oxygen atoms in total. The highest BCUT2D eigenvalue weighted by Crippen LogP contribution is 2.30. The lowest BCUT2D eigenvalue weighted by atomic mass is 9.93. The molecule has 1 fully saturated rings. The Kier molecular flexibility index (Phi) is 4.77. The Labute approximate surface area is 96.6 Å². The van der Waals surface area contributed by atoms with Crippen molar-refractivity contribution in [3.63, 3.8) is 0 Å². The molecule has 0 saturated heterocycles. The second-order valence-electron chi connectivity index (χ2n) is 4.88. The lowest BCUT2D eigenvalue weighted by Crippen LogP contribution is -2.36. The van der Waals surface area contributed by atoms with Crippen LogP contribution in [0, 0.1) is 11.8 Å². The van der Waals surface area contributed by atoms with Crippen LogP contribution in [0.25, 0.3) is 0 Å². The smallest absolute Gasteiger partial charge is 0.323 e. The van der Waals surface area contributed by atoms with E-state index in [9.17, 15) is 9.59 Å². The van der Waals surface area contributed by atoms with E-state index in [0.29, 0.717) is 5.92 Å². The van der Waals surface area contributed by atoms with Gasteiger partial charge in [-0.25, -0.2) is 0 Å². The van der Waals surface area contributed by atoms with E-state index in [2.05, 4.69) is 0 Å². The molecule has 1 N–H and O–H groups in total. The Morgan fingerprint density at radius 2 is 1.94 bits per heavy atom. The summed E-state index contributed by atoms with van der Waals surface area (Å²) in [6.07, 6.45) is 5.90. The average Bonchev–Trinajstić information content (AvgIpc) is 2.68. The van der Waals surface area contributed by atoms with Crippen LogP contribution in [0.2, 0.25) is 0 Å². The molecule has 1 aliphatic carbocycles. The fraction of sp³-hybridized carbons (Fsp3) is 0.833. The summed E-state index contributed by atoms with van der Waals surface area (Å²) in [5.74, 6) is -0.386. The predicted octanol–water partition coefficient (Wildman–Crippen LogP) is 1.75. The highest BCUT2D eigenvalue weighted by molar-refractivity contribution is 5.82. The first kappa shape index (κ1) is 13.0. The summed E-state index contributed by atoms with van der Waals surface area (Å²) < 4.78 is 0. The second-order valence-corrected chi connectivity index (χ2v) is 4.88. The van der Waals surface area contributed by atoms with Crippen LogP contribution in [0.15, 0.2) is 0 Å². The summed E-state index contributed by atoms with van der Waals surface area (Å²) in [5.41, 5.74) is 0. The summed E-state index contributed by atoms with van der Waals surface area (Å²) in [7, 11) is 1.56. The Balaban J connectivity index is 2.36. The van der Waals surface area contributed by atoms with Gasteiger partial charge in [0, 0.05) is 13.0 Å². The maximum Gasteiger partial charge on any atom is 0.323 e. The lowest BCUT2D eigenvalue weighted by Gasteiger charge is -2.21. The van der Waals surface area contributed by atoms with Crippen molar-refractivity contribution < 1.29 is 14.7 Å². The number of hydrogen-bond acceptors (Lipinski definition) is 2. The summed E-state index contributed by atoms with van der Waals surface area (Å²) >= 11 is 0. The number of carboxylic acids is 1. The summed E-state index contributed by atoms with van der Waals surface area (Å²) in [5, 5.41) is 8.60. The number of carbonyl (C=O) groups excluding carboxylic acids is 1. The quantitative estimate of drug-likeness (QED) is 0.778. The van der Waals surface area contributed by atoms with Gasteiger partial charge in [0.25, 0.3) is 0 Å². The molecule has 16 heavy (non-hydrogen) atoms. The average molecular weight is 227 g/mol. The van der Waals surface area contributed by atoms with E-state index in [1.807, 2.05) is 6.92 Å². The van der Waals surface area contributed by atoms with Gasteiger partial charge in [-0.1, -0.05) is 32.6 Å². The van der Waals surface area contributed by atoms with E-state index in [4.69, 9.17) is 5.11 Å². The van der Waals surface area contributed by atoms with Crippen LogP contribution >= 0.6 is 0 Å². The number of rotatable bonds is 5. The maximum absolute atomic E-state index is 11.8. The Hall–Kier alpha value is -1.06. The molecule has 0 heterocycles. The number of carboxylic acid groups (broad SMARTS) is 1. The van der Waals surface area contributed by atoms with Crippen LogP contribution in [0.1, 0.15) is 39.0 Å². The normalized spacial score (nSPS) is 18.4. The van der Waals surface area contributed by atoms with E-state index in [1.165, 1.54) is 30.6 Å². The van der Waals surface area contributed by atoms with Crippen LogP contribution in [-0.4, -0.2) is 35.5 Å². The molecule has 92 valence electrons. The molecule has 0 aromatic heterocycles. The van der Waals surface area contributed by atoms with Gasteiger partial charge in [0.2, 0.25) is 5.91 Å². The molecule has 1 rings (SSSR count). The van der Waals surface area contributed by atoms with Gasteiger partial charge < -0.3 is 10.0 Å². The lowest BCUT2D eigenvalue weighted by molar-refractivity contribution is -0.145. The van der Waals surface area contributed by atoms with Crippen molar-refractivity contribution in [1.29, 1.82) is 0 Å². The minimum Gasteiger partial charge on any atom is -0.480 e. The first-order valence-electron chi connectivity index (χ1n) is 5.97. The number of amides is 1. The van der Waals surface area contributed by atoms with Gasteiger partial charge in [0.15, 0.2) is 0 Å². The van der Waals surface area contributed by atoms with Gasteiger partial charge in [-0.3, -0.25) is 9.59 Å². The third-order valence-electron chi connectivity index (χ3n) is 3.33. The summed E-state index contributed by atoms with van der Waals surface area (Å²) in [6.45, 7) is 1.70. The molecule has 0 radical (unpaired) electrons. The van der Waals surface area contributed by atoms with Crippen LogP contribution in [0.4, 0.5) is 0 Å². The van der Waals surface area contributed by atoms with Gasteiger partial charge in [-0.2, -0.15) is 0 Å². The molecule has 0 aliphatic heterocycles.